The van der Waals surface area contributed by atoms with Crippen molar-refractivity contribution in [3.05, 3.63) is 76.8 Å². The standard InChI is InChI=1S/C23H25ClO5/c24-19-12-7-5-10-17(19)23-28-15-16(9-3-1-2-4-14-21(26)27)22(29-23)18-11-6-8-13-20(18)25/h1-2,5-8,10-13,16,22-23,25H,3-4,9,14-15H2,(H,26,27)/b2-1-. The molecule has 1 fully saturated rings. The number of ether oxygens (including phenoxy) is 2. The third-order valence-corrected chi connectivity index (χ3v) is 5.30. The average Bonchev–Trinajstić information content (AvgIpc) is 2.71. The molecule has 3 atom stereocenters. The Morgan fingerprint density at radius 2 is 1.76 bits per heavy atom. The van der Waals surface area contributed by atoms with Gasteiger partial charge in [0.2, 0.25) is 0 Å². The van der Waals surface area contributed by atoms with Crippen LogP contribution in [0.4, 0.5) is 0 Å². The number of carboxylic acids is 1. The summed E-state index contributed by atoms with van der Waals surface area (Å²) in [4.78, 5) is 10.6. The van der Waals surface area contributed by atoms with E-state index >= 15 is 0 Å². The van der Waals surface area contributed by atoms with Gasteiger partial charge in [0.15, 0.2) is 6.29 Å². The molecule has 1 aliphatic rings. The quantitative estimate of drug-likeness (QED) is 0.544. The van der Waals surface area contributed by atoms with Gasteiger partial charge in [-0.05, 0) is 31.4 Å². The second-order valence-electron chi connectivity index (χ2n) is 7.04. The Balaban J connectivity index is 1.72. The van der Waals surface area contributed by atoms with E-state index in [1.807, 2.05) is 42.5 Å². The second-order valence-corrected chi connectivity index (χ2v) is 7.45. The molecule has 3 rings (SSSR count). The van der Waals surface area contributed by atoms with Crippen LogP contribution in [0.1, 0.15) is 49.2 Å². The van der Waals surface area contributed by atoms with Gasteiger partial charge in [0, 0.05) is 28.5 Å². The van der Waals surface area contributed by atoms with E-state index in [4.69, 9.17) is 26.2 Å². The minimum Gasteiger partial charge on any atom is -0.508 e. The molecule has 29 heavy (non-hydrogen) atoms. The van der Waals surface area contributed by atoms with Gasteiger partial charge in [-0.15, -0.1) is 0 Å². The average molecular weight is 417 g/mol. The summed E-state index contributed by atoms with van der Waals surface area (Å²) in [5, 5.41) is 19.6. The highest BCUT2D eigenvalue weighted by Crippen LogP contribution is 2.43. The summed E-state index contributed by atoms with van der Waals surface area (Å²) in [5.74, 6) is -0.556. The van der Waals surface area contributed by atoms with Gasteiger partial charge >= 0.3 is 5.97 Å². The number of carbonyl (C=O) groups is 1. The van der Waals surface area contributed by atoms with E-state index in [0.717, 1.165) is 24.0 Å². The molecule has 0 aromatic heterocycles. The van der Waals surface area contributed by atoms with Crippen molar-refractivity contribution in [1.29, 1.82) is 0 Å². The first kappa shape index (κ1) is 21.4. The third kappa shape index (κ3) is 5.82. The number of hydrogen-bond acceptors (Lipinski definition) is 4. The van der Waals surface area contributed by atoms with Gasteiger partial charge in [0.05, 0.1) is 12.7 Å². The smallest absolute Gasteiger partial charge is 0.303 e. The first-order valence-electron chi connectivity index (χ1n) is 9.72. The van der Waals surface area contributed by atoms with Crippen LogP contribution in [0.15, 0.2) is 60.7 Å². The lowest BCUT2D eigenvalue weighted by Gasteiger charge is -2.37. The van der Waals surface area contributed by atoms with Gasteiger partial charge in [-0.2, -0.15) is 0 Å². The SMILES string of the molecule is O=C(O)CC/C=C\CCC1COC(c2ccccc2Cl)OC1c1ccccc1O. The highest BCUT2D eigenvalue weighted by Gasteiger charge is 2.35. The lowest BCUT2D eigenvalue weighted by Crippen LogP contribution is -2.30. The normalized spacial score (nSPS) is 22.0. The van der Waals surface area contributed by atoms with Crippen LogP contribution in [0.3, 0.4) is 0 Å². The highest BCUT2D eigenvalue weighted by molar-refractivity contribution is 6.31. The predicted molar refractivity (Wildman–Crippen MR) is 111 cm³/mol. The maximum atomic E-state index is 10.6. The van der Waals surface area contributed by atoms with Crippen LogP contribution in [0.5, 0.6) is 5.75 Å². The molecule has 2 N–H and O–H groups in total. The van der Waals surface area contributed by atoms with E-state index in [1.165, 1.54) is 0 Å². The molecule has 0 bridgehead atoms. The van der Waals surface area contributed by atoms with Crippen LogP contribution in [-0.2, 0) is 14.3 Å². The van der Waals surface area contributed by atoms with Crippen LogP contribution in [0.25, 0.3) is 0 Å². The Bertz CT molecular complexity index is 851. The van der Waals surface area contributed by atoms with Gasteiger partial charge in [0.1, 0.15) is 5.75 Å². The summed E-state index contributed by atoms with van der Waals surface area (Å²) in [6, 6.07) is 14.6. The van der Waals surface area contributed by atoms with Crippen molar-refractivity contribution in [2.45, 2.75) is 38.1 Å². The number of phenols is 1. The Kier molecular flexibility index (Phi) is 7.69. The molecule has 2 aromatic rings. The Hall–Kier alpha value is -2.34. The molecule has 0 aliphatic carbocycles. The Morgan fingerprint density at radius 1 is 1.07 bits per heavy atom. The van der Waals surface area contributed by atoms with Crippen LogP contribution < -0.4 is 0 Å². The van der Waals surface area contributed by atoms with E-state index in [0.29, 0.717) is 18.1 Å². The summed E-state index contributed by atoms with van der Waals surface area (Å²) in [6.07, 6.45) is 5.16. The number of phenolic OH excluding ortho intramolecular Hbond substituents is 1. The fourth-order valence-electron chi connectivity index (χ4n) is 3.45. The van der Waals surface area contributed by atoms with Gasteiger partial charge in [-0.25, -0.2) is 0 Å². The molecule has 0 saturated carbocycles. The van der Waals surface area contributed by atoms with Crippen molar-refractivity contribution < 1.29 is 24.5 Å². The Labute approximate surface area is 175 Å². The van der Waals surface area contributed by atoms with E-state index in [2.05, 4.69) is 0 Å². The number of benzene rings is 2. The van der Waals surface area contributed by atoms with Gasteiger partial charge in [-0.1, -0.05) is 60.2 Å². The molecule has 0 spiro atoms. The predicted octanol–water partition coefficient (Wildman–Crippen LogP) is 5.65. The van der Waals surface area contributed by atoms with E-state index in [-0.39, 0.29) is 24.2 Å². The largest absolute Gasteiger partial charge is 0.508 e. The van der Waals surface area contributed by atoms with Crippen molar-refractivity contribution in [2.24, 2.45) is 5.92 Å². The molecule has 3 unspecified atom stereocenters. The molecular formula is C23H25ClO5. The van der Waals surface area contributed by atoms with E-state index in [9.17, 15) is 9.90 Å². The number of para-hydroxylation sites is 1. The first-order valence-corrected chi connectivity index (χ1v) is 10.1. The molecule has 1 saturated heterocycles. The van der Waals surface area contributed by atoms with Gasteiger partial charge < -0.3 is 19.7 Å². The highest BCUT2D eigenvalue weighted by atomic mass is 35.5. The third-order valence-electron chi connectivity index (χ3n) is 4.96. The monoisotopic (exact) mass is 416 g/mol. The topological polar surface area (TPSA) is 76.0 Å². The summed E-state index contributed by atoms with van der Waals surface area (Å²) in [6.45, 7) is 0.470. The maximum Gasteiger partial charge on any atom is 0.303 e. The molecule has 0 radical (unpaired) electrons. The number of carboxylic acid groups (broad SMARTS) is 1. The van der Waals surface area contributed by atoms with Crippen molar-refractivity contribution in [2.75, 3.05) is 6.61 Å². The summed E-state index contributed by atoms with van der Waals surface area (Å²) in [7, 11) is 0. The molecule has 1 aliphatic heterocycles. The van der Waals surface area contributed by atoms with Crippen molar-refractivity contribution in [3.63, 3.8) is 0 Å². The van der Waals surface area contributed by atoms with Gasteiger partial charge in [-0.3, -0.25) is 4.79 Å². The van der Waals surface area contributed by atoms with Gasteiger partial charge in [0.25, 0.3) is 0 Å². The number of aliphatic carboxylic acids is 1. The van der Waals surface area contributed by atoms with Crippen molar-refractivity contribution in [1.82, 2.24) is 0 Å². The summed E-state index contributed by atoms with van der Waals surface area (Å²) >= 11 is 6.31. The summed E-state index contributed by atoms with van der Waals surface area (Å²) in [5.41, 5.74) is 1.49. The number of aromatic hydroxyl groups is 1. The van der Waals surface area contributed by atoms with Crippen LogP contribution in [0, 0.1) is 5.92 Å². The van der Waals surface area contributed by atoms with Crippen LogP contribution in [0.2, 0.25) is 5.02 Å². The lowest BCUT2D eigenvalue weighted by atomic mass is 9.90. The van der Waals surface area contributed by atoms with Crippen molar-refractivity contribution in [3.8, 4) is 5.75 Å². The minimum absolute atomic E-state index is 0.0474. The second kappa shape index (κ2) is 10.4. The molecule has 2 aromatic carbocycles. The molecular weight excluding hydrogens is 392 g/mol. The maximum absolute atomic E-state index is 10.6. The number of rotatable bonds is 8. The Morgan fingerprint density at radius 3 is 2.48 bits per heavy atom. The van der Waals surface area contributed by atoms with Crippen LogP contribution >= 0.6 is 11.6 Å². The van der Waals surface area contributed by atoms with E-state index in [1.54, 1.807) is 18.2 Å². The lowest BCUT2D eigenvalue weighted by molar-refractivity contribution is -0.245. The summed E-state index contributed by atoms with van der Waals surface area (Å²) < 4.78 is 12.2. The molecule has 6 heteroatoms. The van der Waals surface area contributed by atoms with Crippen LogP contribution in [-0.4, -0.2) is 22.8 Å². The number of allylic oxidation sites excluding steroid dienone is 2. The molecule has 0 amide bonds. The fourth-order valence-corrected chi connectivity index (χ4v) is 3.68. The zero-order valence-corrected chi connectivity index (χ0v) is 16.8. The number of hydrogen-bond donors (Lipinski definition) is 2. The zero-order valence-electron chi connectivity index (χ0n) is 16.0. The number of halogens is 1. The molecule has 5 nitrogen and oxygen atoms in total. The zero-order chi connectivity index (χ0) is 20.6. The fraction of sp³-hybridized carbons (Fsp3) is 0.348. The molecule has 154 valence electrons. The van der Waals surface area contributed by atoms with Crippen molar-refractivity contribution >= 4 is 17.6 Å². The van der Waals surface area contributed by atoms with E-state index < -0.39 is 12.3 Å². The molecule has 1 heterocycles. The minimum atomic E-state index is -0.797. The first-order chi connectivity index (χ1) is 14.1.